The van der Waals surface area contributed by atoms with E-state index >= 15 is 0 Å². The van der Waals surface area contributed by atoms with Crippen LogP contribution in [0.15, 0.2) is 52.9 Å². The molecule has 1 saturated heterocycles. The summed E-state index contributed by atoms with van der Waals surface area (Å²) in [6.07, 6.45) is 2.45. The van der Waals surface area contributed by atoms with E-state index in [9.17, 15) is 13.2 Å². The molecule has 34 heavy (non-hydrogen) atoms. The number of hydrogen-bond acceptors (Lipinski definition) is 7. The summed E-state index contributed by atoms with van der Waals surface area (Å²) in [5, 5.41) is 10.4. The molecule has 1 amide bonds. The van der Waals surface area contributed by atoms with Gasteiger partial charge in [-0.15, -0.1) is 10.2 Å². The normalized spacial score (nSPS) is 17.4. The van der Waals surface area contributed by atoms with Crippen molar-refractivity contribution >= 4 is 38.1 Å². The van der Waals surface area contributed by atoms with Gasteiger partial charge in [-0.05, 0) is 61.9 Å². The van der Waals surface area contributed by atoms with E-state index in [1.807, 2.05) is 43.3 Å². The third-order valence-electron chi connectivity index (χ3n) is 5.99. The van der Waals surface area contributed by atoms with Crippen molar-refractivity contribution in [3.8, 4) is 0 Å². The maximum Gasteiger partial charge on any atom is 0.270 e. The quantitative estimate of drug-likeness (QED) is 0.468. The van der Waals surface area contributed by atoms with Crippen LogP contribution in [0.25, 0.3) is 0 Å². The molecule has 4 rings (SSSR count). The Kier molecular flexibility index (Phi) is 7.30. The molecule has 2 aromatic carbocycles. The topological polar surface area (TPSA) is 104 Å². The minimum Gasteiger partial charge on any atom is -0.371 e. The standard InChI is InChI=1S/C24H29N5O3S2/c1-16-7-6-14-29(15-16)20-12-10-19(11-13-20)18(3)28-34(31,32)24-27-26-23(33-24)25-22(30)21-9-5-4-8-17(21)2/h4-5,8-13,16,18,28H,6-7,14-15H2,1-3H3,(H,25,26,30)/t16-,18+/m0/s1. The number of sulfonamides is 1. The van der Waals surface area contributed by atoms with Crippen LogP contribution in [0.3, 0.4) is 0 Å². The van der Waals surface area contributed by atoms with E-state index in [0.29, 0.717) is 11.5 Å². The van der Waals surface area contributed by atoms with Crippen LogP contribution < -0.4 is 14.9 Å². The first-order valence-corrected chi connectivity index (χ1v) is 13.6. The molecule has 2 atom stereocenters. The van der Waals surface area contributed by atoms with Crippen LogP contribution >= 0.6 is 11.3 Å². The molecule has 0 spiro atoms. The lowest BCUT2D eigenvalue weighted by Crippen LogP contribution is -2.34. The van der Waals surface area contributed by atoms with E-state index in [0.717, 1.165) is 41.2 Å². The molecule has 0 saturated carbocycles. The van der Waals surface area contributed by atoms with Crippen molar-refractivity contribution in [2.24, 2.45) is 5.92 Å². The first-order chi connectivity index (χ1) is 16.2. The van der Waals surface area contributed by atoms with Crippen LogP contribution in [0.5, 0.6) is 0 Å². The van der Waals surface area contributed by atoms with Gasteiger partial charge in [0.05, 0.1) is 0 Å². The highest BCUT2D eigenvalue weighted by molar-refractivity contribution is 7.91. The Bertz CT molecular complexity index is 1260. The molecular weight excluding hydrogens is 470 g/mol. The van der Waals surface area contributed by atoms with E-state index in [1.165, 1.54) is 12.8 Å². The third-order valence-corrected chi connectivity index (χ3v) is 8.74. The lowest BCUT2D eigenvalue weighted by Gasteiger charge is -2.33. The zero-order valence-electron chi connectivity index (χ0n) is 19.5. The number of nitrogens with one attached hydrogen (secondary N) is 2. The van der Waals surface area contributed by atoms with Gasteiger partial charge in [-0.3, -0.25) is 10.1 Å². The molecule has 0 bridgehead atoms. The molecule has 180 valence electrons. The highest BCUT2D eigenvalue weighted by Gasteiger charge is 2.24. The summed E-state index contributed by atoms with van der Waals surface area (Å²) >= 11 is 0.816. The minimum absolute atomic E-state index is 0.126. The van der Waals surface area contributed by atoms with Crippen LogP contribution in [0, 0.1) is 12.8 Å². The summed E-state index contributed by atoms with van der Waals surface area (Å²) in [6, 6.07) is 14.7. The van der Waals surface area contributed by atoms with Crippen molar-refractivity contribution in [1.29, 1.82) is 0 Å². The first kappa shape index (κ1) is 24.3. The average Bonchev–Trinajstić information content (AvgIpc) is 3.29. The number of aryl methyl sites for hydroxylation is 1. The van der Waals surface area contributed by atoms with Gasteiger partial charge in [0, 0.05) is 30.4 Å². The zero-order chi connectivity index (χ0) is 24.3. The van der Waals surface area contributed by atoms with E-state index in [-0.39, 0.29) is 15.4 Å². The second-order valence-electron chi connectivity index (χ2n) is 8.77. The number of carbonyl (C=O) groups is 1. The van der Waals surface area contributed by atoms with E-state index in [4.69, 9.17) is 0 Å². The number of hydrogen-bond donors (Lipinski definition) is 2. The monoisotopic (exact) mass is 499 g/mol. The van der Waals surface area contributed by atoms with E-state index in [2.05, 4.69) is 32.1 Å². The minimum atomic E-state index is -3.90. The Morgan fingerprint density at radius 2 is 1.88 bits per heavy atom. The van der Waals surface area contributed by atoms with Crippen LogP contribution in [-0.4, -0.2) is 37.6 Å². The fraction of sp³-hybridized carbons (Fsp3) is 0.375. The number of nitrogens with zero attached hydrogens (tertiary/aromatic N) is 3. The predicted octanol–water partition coefficient (Wildman–Crippen LogP) is 4.37. The molecule has 2 heterocycles. The summed E-state index contributed by atoms with van der Waals surface area (Å²) in [6.45, 7) is 7.98. The summed E-state index contributed by atoms with van der Waals surface area (Å²) in [5.41, 5.74) is 3.32. The van der Waals surface area contributed by atoms with Gasteiger partial charge in [0.2, 0.25) is 9.47 Å². The Labute approximate surface area is 204 Å². The summed E-state index contributed by atoms with van der Waals surface area (Å²) in [4.78, 5) is 14.9. The van der Waals surface area contributed by atoms with Crippen molar-refractivity contribution < 1.29 is 13.2 Å². The van der Waals surface area contributed by atoms with E-state index < -0.39 is 16.1 Å². The van der Waals surface area contributed by atoms with Crippen molar-refractivity contribution in [3.63, 3.8) is 0 Å². The summed E-state index contributed by atoms with van der Waals surface area (Å²) in [5.74, 6) is 0.320. The number of aromatic nitrogens is 2. The maximum atomic E-state index is 12.9. The summed E-state index contributed by atoms with van der Waals surface area (Å²) < 4.78 is 28.2. The smallest absolute Gasteiger partial charge is 0.270 e. The fourth-order valence-electron chi connectivity index (χ4n) is 4.11. The molecule has 1 fully saturated rings. The van der Waals surface area contributed by atoms with Gasteiger partial charge < -0.3 is 4.90 Å². The Morgan fingerprint density at radius 3 is 2.59 bits per heavy atom. The Balaban J connectivity index is 1.40. The van der Waals surface area contributed by atoms with Crippen molar-refractivity contribution in [1.82, 2.24) is 14.9 Å². The van der Waals surface area contributed by atoms with Crippen LogP contribution in [0.4, 0.5) is 10.8 Å². The largest absolute Gasteiger partial charge is 0.371 e. The predicted molar refractivity (Wildman–Crippen MR) is 135 cm³/mol. The molecule has 10 heteroatoms. The Morgan fingerprint density at radius 1 is 1.15 bits per heavy atom. The van der Waals surface area contributed by atoms with Crippen molar-refractivity contribution in [2.45, 2.75) is 44.0 Å². The van der Waals surface area contributed by atoms with Crippen LogP contribution in [0.1, 0.15) is 54.2 Å². The molecule has 1 aliphatic heterocycles. The lowest BCUT2D eigenvalue weighted by molar-refractivity contribution is 0.102. The molecule has 1 aliphatic rings. The first-order valence-electron chi connectivity index (χ1n) is 11.3. The van der Waals surface area contributed by atoms with Crippen LogP contribution in [-0.2, 0) is 10.0 Å². The number of anilines is 2. The van der Waals surface area contributed by atoms with Gasteiger partial charge in [-0.2, -0.15) is 0 Å². The zero-order valence-corrected chi connectivity index (χ0v) is 21.1. The van der Waals surface area contributed by atoms with Gasteiger partial charge in [-0.25, -0.2) is 13.1 Å². The molecule has 0 aliphatic carbocycles. The van der Waals surface area contributed by atoms with Gasteiger partial charge in [-0.1, -0.05) is 48.6 Å². The van der Waals surface area contributed by atoms with Gasteiger partial charge in [0.1, 0.15) is 0 Å². The highest BCUT2D eigenvalue weighted by Crippen LogP contribution is 2.26. The number of benzene rings is 2. The SMILES string of the molecule is Cc1ccccc1C(=O)Nc1nnc(S(=O)(=O)N[C@H](C)c2ccc(N3CCC[C@H](C)C3)cc2)s1. The molecule has 1 aromatic heterocycles. The van der Waals surface area contributed by atoms with Gasteiger partial charge in [0.15, 0.2) is 0 Å². The molecule has 2 N–H and O–H groups in total. The highest BCUT2D eigenvalue weighted by atomic mass is 32.2. The molecule has 0 unspecified atom stereocenters. The maximum absolute atomic E-state index is 12.9. The van der Waals surface area contributed by atoms with Gasteiger partial charge in [0.25, 0.3) is 15.9 Å². The summed E-state index contributed by atoms with van der Waals surface area (Å²) in [7, 11) is -3.90. The molecule has 8 nitrogen and oxygen atoms in total. The molecular formula is C24H29N5O3S2. The third kappa shape index (κ3) is 5.63. The number of carbonyl (C=O) groups excluding carboxylic acids is 1. The fourth-order valence-corrected chi connectivity index (χ4v) is 6.25. The second-order valence-corrected chi connectivity index (χ2v) is 11.6. The average molecular weight is 500 g/mol. The number of amides is 1. The molecule has 0 radical (unpaired) electrons. The van der Waals surface area contributed by atoms with Crippen molar-refractivity contribution in [2.75, 3.05) is 23.3 Å². The second kappa shape index (κ2) is 10.2. The number of rotatable bonds is 7. The van der Waals surface area contributed by atoms with Gasteiger partial charge >= 0.3 is 0 Å². The molecule has 3 aromatic rings. The Hall–Kier alpha value is -2.82. The van der Waals surface area contributed by atoms with E-state index in [1.54, 1.807) is 19.1 Å². The number of piperidine rings is 1. The lowest BCUT2D eigenvalue weighted by atomic mass is 9.99. The van der Waals surface area contributed by atoms with Crippen molar-refractivity contribution in [3.05, 3.63) is 65.2 Å². The van der Waals surface area contributed by atoms with Crippen LogP contribution in [0.2, 0.25) is 0 Å².